The van der Waals surface area contributed by atoms with E-state index >= 15 is 0 Å². The van der Waals surface area contributed by atoms with Crippen LogP contribution in [0.3, 0.4) is 0 Å². The molecule has 1 heterocycles. The SMILES string of the molecule is CN(Cc1cccs1)c1cccc(Cl)c1C#N. The van der Waals surface area contributed by atoms with Gasteiger partial charge in [0.05, 0.1) is 22.8 Å². The molecule has 17 heavy (non-hydrogen) atoms. The Morgan fingerprint density at radius 2 is 2.18 bits per heavy atom. The second-order valence-electron chi connectivity index (χ2n) is 3.68. The van der Waals surface area contributed by atoms with Crippen LogP contribution in [0.1, 0.15) is 10.4 Å². The highest BCUT2D eigenvalue weighted by Crippen LogP contribution is 2.27. The van der Waals surface area contributed by atoms with E-state index in [9.17, 15) is 0 Å². The van der Waals surface area contributed by atoms with Gasteiger partial charge in [0, 0.05) is 11.9 Å². The van der Waals surface area contributed by atoms with Crippen molar-refractivity contribution in [1.29, 1.82) is 5.26 Å². The number of nitriles is 1. The monoisotopic (exact) mass is 262 g/mol. The molecular weight excluding hydrogens is 252 g/mol. The maximum Gasteiger partial charge on any atom is 0.103 e. The first kappa shape index (κ1) is 12.0. The largest absolute Gasteiger partial charge is 0.368 e. The molecule has 2 nitrogen and oxygen atoms in total. The molecule has 86 valence electrons. The molecule has 0 atom stereocenters. The molecule has 0 fully saturated rings. The van der Waals surface area contributed by atoms with Gasteiger partial charge in [-0.3, -0.25) is 0 Å². The van der Waals surface area contributed by atoms with Crippen molar-refractivity contribution in [3.63, 3.8) is 0 Å². The number of halogens is 1. The minimum absolute atomic E-state index is 0.503. The number of thiophene rings is 1. The van der Waals surface area contributed by atoms with Crippen LogP contribution in [0.25, 0.3) is 0 Å². The Morgan fingerprint density at radius 3 is 2.82 bits per heavy atom. The highest BCUT2D eigenvalue weighted by atomic mass is 35.5. The van der Waals surface area contributed by atoms with E-state index in [0.29, 0.717) is 10.6 Å². The van der Waals surface area contributed by atoms with E-state index in [1.165, 1.54) is 4.88 Å². The lowest BCUT2D eigenvalue weighted by atomic mass is 10.2. The summed E-state index contributed by atoms with van der Waals surface area (Å²) in [6.07, 6.45) is 0. The van der Waals surface area contributed by atoms with Crippen molar-refractivity contribution < 1.29 is 0 Å². The standard InChI is InChI=1S/C13H11ClN2S/c1-16(9-10-4-3-7-17-10)13-6-2-5-12(14)11(13)8-15/h2-7H,9H2,1H3. The van der Waals surface area contributed by atoms with Crippen molar-refractivity contribution >= 4 is 28.6 Å². The van der Waals surface area contributed by atoms with Gasteiger partial charge in [-0.2, -0.15) is 5.26 Å². The zero-order valence-corrected chi connectivity index (χ0v) is 10.9. The van der Waals surface area contributed by atoms with Crippen molar-refractivity contribution in [2.45, 2.75) is 6.54 Å². The quantitative estimate of drug-likeness (QED) is 0.839. The van der Waals surface area contributed by atoms with Gasteiger partial charge < -0.3 is 4.90 Å². The van der Waals surface area contributed by atoms with Gasteiger partial charge in [0.2, 0.25) is 0 Å². The van der Waals surface area contributed by atoms with E-state index < -0.39 is 0 Å². The first-order valence-electron chi connectivity index (χ1n) is 5.14. The summed E-state index contributed by atoms with van der Waals surface area (Å²) in [5, 5.41) is 11.7. The average Bonchev–Trinajstić information content (AvgIpc) is 2.81. The van der Waals surface area contributed by atoms with Gasteiger partial charge in [0.25, 0.3) is 0 Å². The molecule has 0 aliphatic rings. The molecule has 2 rings (SSSR count). The third-order valence-electron chi connectivity index (χ3n) is 2.49. The summed E-state index contributed by atoms with van der Waals surface area (Å²) < 4.78 is 0. The van der Waals surface area contributed by atoms with Crippen LogP contribution in [0.4, 0.5) is 5.69 Å². The number of rotatable bonds is 3. The van der Waals surface area contributed by atoms with Crippen LogP contribution < -0.4 is 4.90 Å². The lowest BCUT2D eigenvalue weighted by Crippen LogP contribution is -2.16. The molecule has 0 saturated heterocycles. The normalized spacial score (nSPS) is 9.94. The second-order valence-corrected chi connectivity index (χ2v) is 5.12. The molecule has 2 aromatic rings. The second kappa shape index (κ2) is 5.22. The first-order valence-corrected chi connectivity index (χ1v) is 6.40. The fourth-order valence-corrected chi connectivity index (χ4v) is 2.63. The van der Waals surface area contributed by atoms with E-state index in [0.717, 1.165) is 12.2 Å². The lowest BCUT2D eigenvalue weighted by molar-refractivity contribution is 0.938. The van der Waals surface area contributed by atoms with Gasteiger partial charge in [0.1, 0.15) is 6.07 Å². The maximum atomic E-state index is 9.12. The van der Waals surface area contributed by atoms with Gasteiger partial charge in [0.15, 0.2) is 0 Å². The lowest BCUT2D eigenvalue weighted by Gasteiger charge is -2.20. The third kappa shape index (κ3) is 2.60. The van der Waals surface area contributed by atoms with Crippen LogP contribution in [0.15, 0.2) is 35.7 Å². The highest BCUT2D eigenvalue weighted by Gasteiger charge is 2.10. The molecule has 0 aliphatic carbocycles. The number of benzene rings is 1. The summed E-state index contributed by atoms with van der Waals surface area (Å²) in [6.45, 7) is 0.784. The summed E-state index contributed by atoms with van der Waals surface area (Å²) in [4.78, 5) is 3.30. The molecule has 1 aromatic carbocycles. The Bertz CT molecular complexity index is 543. The predicted molar refractivity (Wildman–Crippen MR) is 72.6 cm³/mol. The van der Waals surface area contributed by atoms with E-state index in [1.807, 2.05) is 35.5 Å². The summed E-state index contributed by atoms with van der Waals surface area (Å²) in [6, 6.07) is 11.8. The van der Waals surface area contributed by atoms with Crippen molar-refractivity contribution in [2.75, 3.05) is 11.9 Å². The fourth-order valence-electron chi connectivity index (χ4n) is 1.66. The Morgan fingerprint density at radius 1 is 1.35 bits per heavy atom. The minimum atomic E-state index is 0.503. The molecule has 0 spiro atoms. The molecule has 0 aliphatic heterocycles. The predicted octanol–water partition coefficient (Wildman–Crippen LogP) is 3.91. The molecular formula is C13H11ClN2S. The van der Waals surface area contributed by atoms with Crippen LogP contribution in [-0.4, -0.2) is 7.05 Å². The van der Waals surface area contributed by atoms with E-state index in [-0.39, 0.29) is 0 Å². The van der Waals surface area contributed by atoms with Gasteiger partial charge in [-0.05, 0) is 23.6 Å². The molecule has 0 N–H and O–H groups in total. The van der Waals surface area contributed by atoms with Crippen molar-refractivity contribution in [3.8, 4) is 6.07 Å². The number of nitrogens with zero attached hydrogens (tertiary/aromatic N) is 2. The molecule has 0 saturated carbocycles. The van der Waals surface area contributed by atoms with Crippen LogP contribution in [0.2, 0.25) is 5.02 Å². The summed E-state index contributed by atoms with van der Waals surface area (Å²) in [7, 11) is 1.96. The van der Waals surface area contributed by atoms with Gasteiger partial charge in [-0.25, -0.2) is 0 Å². The zero-order chi connectivity index (χ0) is 12.3. The Balaban J connectivity index is 2.28. The number of hydrogen-bond donors (Lipinski definition) is 0. The average molecular weight is 263 g/mol. The number of anilines is 1. The van der Waals surface area contributed by atoms with Crippen molar-refractivity contribution in [1.82, 2.24) is 0 Å². The maximum absolute atomic E-state index is 9.12. The van der Waals surface area contributed by atoms with Crippen LogP contribution in [0, 0.1) is 11.3 Å². The zero-order valence-electron chi connectivity index (χ0n) is 9.35. The Labute approximate surface area is 110 Å². The van der Waals surface area contributed by atoms with Gasteiger partial charge >= 0.3 is 0 Å². The molecule has 1 aromatic heterocycles. The highest BCUT2D eigenvalue weighted by molar-refractivity contribution is 7.09. The molecule has 0 amide bonds. The van der Waals surface area contributed by atoms with Crippen molar-refractivity contribution in [3.05, 3.63) is 51.2 Å². The first-order chi connectivity index (χ1) is 8.22. The topological polar surface area (TPSA) is 27.0 Å². The molecule has 0 bridgehead atoms. The Kier molecular flexibility index (Phi) is 3.68. The van der Waals surface area contributed by atoms with Gasteiger partial charge in [-0.15, -0.1) is 11.3 Å². The van der Waals surface area contributed by atoms with Gasteiger partial charge in [-0.1, -0.05) is 23.7 Å². The smallest absolute Gasteiger partial charge is 0.103 e. The van der Waals surface area contributed by atoms with E-state index in [2.05, 4.69) is 12.1 Å². The van der Waals surface area contributed by atoms with Crippen LogP contribution in [-0.2, 0) is 6.54 Å². The number of hydrogen-bond acceptors (Lipinski definition) is 3. The molecule has 0 radical (unpaired) electrons. The third-order valence-corrected chi connectivity index (χ3v) is 3.66. The van der Waals surface area contributed by atoms with Crippen molar-refractivity contribution in [2.24, 2.45) is 0 Å². The Hall–Kier alpha value is -1.50. The van der Waals surface area contributed by atoms with Crippen LogP contribution in [0.5, 0.6) is 0 Å². The summed E-state index contributed by atoms with van der Waals surface area (Å²) >= 11 is 7.71. The summed E-state index contributed by atoms with van der Waals surface area (Å²) in [5.74, 6) is 0. The van der Waals surface area contributed by atoms with E-state index in [1.54, 1.807) is 17.4 Å². The molecule has 4 heteroatoms. The van der Waals surface area contributed by atoms with E-state index in [4.69, 9.17) is 16.9 Å². The summed E-state index contributed by atoms with van der Waals surface area (Å²) in [5.41, 5.74) is 1.40. The molecule has 0 unspecified atom stereocenters. The fraction of sp³-hybridized carbons (Fsp3) is 0.154. The van der Waals surface area contributed by atoms with Crippen LogP contribution >= 0.6 is 22.9 Å². The minimum Gasteiger partial charge on any atom is -0.368 e.